The molecule has 0 saturated carbocycles. The number of benzene rings is 2. The van der Waals surface area contributed by atoms with Gasteiger partial charge >= 0.3 is 0 Å². The summed E-state index contributed by atoms with van der Waals surface area (Å²) in [5, 5.41) is 9.20. The van der Waals surface area contributed by atoms with Crippen molar-refractivity contribution in [2.45, 2.75) is 0 Å². The summed E-state index contributed by atoms with van der Waals surface area (Å²) in [4.78, 5) is 0. The summed E-state index contributed by atoms with van der Waals surface area (Å²) in [7, 11) is 1.67. The van der Waals surface area contributed by atoms with E-state index in [9.17, 15) is 0 Å². The largest absolute Gasteiger partial charge is 0.383 e. The maximum atomic E-state index is 5.26. The van der Waals surface area contributed by atoms with Crippen LogP contribution in [0.5, 0.6) is 0 Å². The van der Waals surface area contributed by atoms with E-state index in [-0.39, 0.29) is 0 Å². The van der Waals surface area contributed by atoms with Crippen LogP contribution in [0.4, 0.5) is 5.69 Å². The van der Waals surface area contributed by atoms with Crippen molar-refractivity contribution in [1.29, 1.82) is 0 Å². The average Bonchev–Trinajstić information content (AvgIpc) is 2.43. The van der Waals surface area contributed by atoms with Crippen molar-refractivity contribution < 1.29 is 4.74 Å². The van der Waals surface area contributed by atoms with Gasteiger partial charge in [0.1, 0.15) is 0 Å². The molecule has 2 aromatic rings. The summed E-state index contributed by atoms with van der Waals surface area (Å²) in [6.45, 7) is 1.32. The van der Waals surface area contributed by atoms with E-state index in [1.54, 1.807) is 7.11 Å². The lowest BCUT2D eigenvalue weighted by atomic mass is 10.1. The Morgan fingerprint density at radius 1 is 1.21 bits per heavy atom. The molecule has 19 heavy (non-hydrogen) atoms. The maximum absolute atomic E-state index is 5.26. The van der Waals surface area contributed by atoms with Crippen LogP contribution >= 0.6 is 28.1 Å². The predicted octanol–water partition coefficient (Wildman–Crippen LogP) is 3.54. The molecule has 0 bridgehead atoms. The Balaban J connectivity index is 2.17. The van der Waals surface area contributed by atoms with Crippen LogP contribution in [0, 0.1) is 0 Å². The molecule has 0 amide bonds. The third kappa shape index (κ3) is 3.65. The van der Waals surface area contributed by atoms with Gasteiger partial charge in [0.2, 0.25) is 0 Å². The normalized spacial score (nSPS) is 10.4. The third-order valence-electron chi connectivity index (χ3n) is 2.71. The van der Waals surface area contributed by atoms with Crippen LogP contribution in [0.2, 0.25) is 0 Å². The minimum Gasteiger partial charge on any atom is -0.383 e. The number of hydrogen-bond acceptors (Lipinski definition) is 2. The van der Waals surface area contributed by atoms with Crippen molar-refractivity contribution in [1.82, 2.24) is 5.32 Å². The van der Waals surface area contributed by atoms with Crippen LogP contribution in [0.1, 0.15) is 0 Å². The highest BCUT2D eigenvalue weighted by atomic mass is 79.9. The lowest BCUT2D eigenvalue weighted by Gasteiger charge is -2.13. The van der Waals surface area contributed by atoms with Gasteiger partial charge in [-0.05, 0) is 29.7 Å². The number of ether oxygens (including phenoxy) is 1. The van der Waals surface area contributed by atoms with Crippen LogP contribution in [0.3, 0.4) is 0 Å². The number of fused-ring (bicyclic) bond motifs is 1. The van der Waals surface area contributed by atoms with Gasteiger partial charge in [-0.2, -0.15) is 0 Å². The second-order valence-electron chi connectivity index (χ2n) is 4.01. The first-order valence-electron chi connectivity index (χ1n) is 5.93. The number of hydrogen-bond donors (Lipinski definition) is 2. The molecule has 3 nitrogen and oxygen atoms in total. The minimum atomic E-state index is 0.601. The Kier molecular flexibility index (Phi) is 5.13. The Bertz CT molecular complexity index is 589. The van der Waals surface area contributed by atoms with Crippen LogP contribution < -0.4 is 10.6 Å². The lowest BCUT2D eigenvalue weighted by molar-refractivity contribution is 0.204. The fourth-order valence-corrected chi connectivity index (χ4v) is 2.49. The standard InChI is InChI=1S/C14H15BrN2OS/c1-18-9-8-16-14(19)17-13-7-6-12(15)10-4-2-3-5-11(10)13/h2-7H,8-9H2,1H3,(H2,16,17,19). The summed E-state index contributed by atoms with van der Waals surface area (Å²) in [6, 6.07) is 12.2. The van der Waals surface area contributed by atoms with Gasteiger partial charge < -0.3 is 15.4 Å². The SMILES string of the molecule is COCCNC(=S)Nc1ccc(Br)c2ccccc12. The quantitative estimate of drug-likeness (QED) is 0.660. The molecule has 0 unspecified atom stereocenters. The fourth-order valence-electron chi connectivity index (χ4n) is 1.80. The molecule has 0 saturated heterocycles. The van der Waals surface area contributed by atoms with Gasteiger partial charge in [-0.25, -0.2) is 0 Å². The van der Waals surface area contributed by atoms with Gasteiger partial charge in [0.25, 0.3) is 0 Å². The van der Waals surface area contributed by atoms with Gasteiger partial charge in [0.15, 0.2) is 5.11 Å². The fraction of sp³-hybridized carbons (Fsp3) is 0.214. The summed E-state index contributed by atoms with van der Waals surface area (Å²) in [5.41, 5.74) is 0.994. The number of anilines is 1. The average molecular weight is 339 g/mol. The first-order valence-corrected chi connectivity index (χ1v) is 7.13. The smallest absolute Gasteiger partial charge is 0.170 e. The predicted molar refractivity (Wildman–Crippen MR) is 87.7 cm³/mol. The Labute approximate surface area is 126 Å². The first-order chi connectivity index (χ1) is 9.22. The highest BCUT2D eigenvalue weighted by Gasteiger charge is 2.05. The van der Waals surface area contributed by atoms with Crippen molar-refractivity contribution in [3.05, 3.63) is 40.9 Å². The summed E-state index contributed by atoms with van der Waals surface area (Å²) < 4.78 is 6.05. The zero-order valence-corrected chi connectivity index (χ0v) is 13.0. The Morgan fingerprint density at radius 3 is 2.68 bits per heavy atom. The third-order valence-corrected chi connectivity index (χ3v) is 3.65. The van der Waals surface area contributed by atoms with E-state index in [1.807, 2.05) is 24.3 Å². The molecule has 0 heterocycles. The Hall–Kier alpha value is -1.17. The lowest BCUT2D eigenvalue weighted by Crippen LogP contribution is -2.31. The van der Waals surface area contributed by atoms with E-state index in [4.69, 9.17) is 17.0 Å². The van der Waals surface area contributed by atoms with Gasteiger partial charge in [-0.3, -0.25) is 0 Å². The number of rotatable bonds is 4. The van der Waals surface area contributed by atoms with Gasteiger partial charge in [-0.15, -0.1) is 0 Å². The van der Waals surface area contributed by atoms with E-state index in [1.165, 1.54) is 0 Å². The molecule has 0 aliphatic rings. The molecular weight excluding hydrogens is 324 g/mol. The molecule has 5 heteroatoms. The summed E-state index contributed by atoms with van der Waals surface area (Å²) in [6.07, 6.45) is 0. The summed E-state index contributed by atoms with van der Waals surface area (Å²) in [5.74, 6) is 0. The van der Waals surface area contributed by atoms with Crippen LogP contribution in [-0.2, 0) is 4.74 Å². The zero-order valence-electron chi connectivity index (χ0n) is 10.6. The van der Waals surface area contributed by atoms with Crippen LogP contribution in [0.15, 0.2) is 40.9 Å². The van der Waals surface area contributed by atoms with Crippen LogP contribution in [0.25, 0.3) is 10.8 Å². The molecule has 0 aromatic heterocycles. The Morgan fingerprint density at radius 2 is 1.95 bits per heavy atom. The molecule has 0 fully saturated rings. The monoisotopic (exact) mass is 338 g/mol. The van der Waals surface area contributed by atoms with E-state index < -0.39 is 0 Å². The van der Waals surface area contributed by atoms with E-state index in [0.29, 0.717) is 18.3 Å². The summed E-state index contributed by atoms with van der Waals surface area (Å²) >= 11 is 8.81. The van der Waals surface area contributed by atoms with E-state index >= 15 is 0 Å². The molecule has 2 N–H and O–H groups in total. The van der Waals surface area contributed by atoms with E-state index in [2.05, 4.69) is 38.7 Å². The molecule has 0 radical (unpaired) electrons. The molecule has 0 atom stereocenters. The van der Waals surface area contributed by atoms with Gasteiger partial charge in [0.05, 0.1) is 6.61 Å². The first kappa shape index (κ1) is 14.2. The number of thiocarbonyl (C=S) groups is 1. The highest BCUT2D eigenvalue weighted by molar-refractivity contribution is 9.10. The molecule has 0 spiro atoms. The topological polar surface area (TPSA) is 33.3 Å². The molecular formula is C14H15BrN2OS. The van der Waals surface area contributed by atoms with Crippen molar-refractivity contribution in [3.63, 3.8) is 0 Å². The molecule has 0 aliphatic carbocycles. The van der Waals surface area contributed by atoms with Gasteiger partial charge in [0, 0.05) is 29.2 Å². The van der Waals surface area contributed by atoms with Crippen molar-refractivity contribution in [2.75, 3.05) is 25.6 Å². The van der Waals surface area contributed by atoms with Crippen molar-refractivity contribution >= 4 is 49.7 Å². The number of halogens is 1. The minimum absolute atomic E-state index is 0.601. The second-order valence-corrected chi connectivity index (χ2v) is 5.28. The molecule has 100 valence electrons. The maximum Gasteiger partial charge on any atom is 0.170 e. The zero-order chi connectivity index (χ0) is 13.7. The molecule has 2 rings (SSSR count). The van der Waals surface area contributed by atoms with Crippen molar-refractivity contribution in [2.24, 2.45) is 0 Å². The van der Waals surface area contributed by atoms with E-state index in [0.717, 1.165) is 20.9 Å². The molecule has 2 aromatic carbocycles. The number of methoxy groups -OCH3 is 1. The van der Waals surface area contributed by atoms with Crippen molar-refractivity contribution in [3.8, 4) is 0 Å². The second kappa shape index (κ2) is 6.84. The van der Waals surface area contributed by atoms with Crippen LogP contribution in [-0.4, -0.2) is 25.4 Å². The molecule has 0 aliphatic heterocycles. The number of nitrogens with one attached hydrogen (secondary N) is 2. The highest BCUT2D eigenvalue weighted by Crippen LogP contribution is 2.29. The van der Waals surface area contributed by atoms with Gasteiger partial charge in [-0.1, -0.05) is 40.2 Å².